The van der Waals surface area contributed by atoms with E-state index in [4.69, 9.17) is 4.55 Å². The van der Waals surface area contributed by atoms with E-state index in [0.717, 1.165) is 5.56 Å². The van der Waals surface area contributed by atoms with Crippen molar-refractivity contribution >= 4 is 21.3 Å². The van der Waals surface area contributed by atoms with Gasteiger partial charge in [-0.1, -0.05) is 12.1 Å². The first-order valence-corrected chi connectivity index (χ1v) is 7.83. The number of hydrogen-bond donors (Lipinski definition) is 4. The Morgan fingerprint density at radius 1 is 1.13 bits per heavy atom. The van der Waals surface area contributed by atoms with Crippen LogP contribution >= 0.6 is 0 Å². The zero-order valence-electron chi connectivity index (χ0n) is 12.2. The molecule has 122 valence electrons. The molecule has 3 rings (SSSR count). The first-order valence-electron chi connectivity index (χ1n) is 6.39. The fourth-order valence-electron chi connectivity index (χ4n) is 1.87. The molecule has 0 radical (unpaired) electrons. The van der Waals surface area contributed by atoms with Gasteiger partial charge in [0.2, 0.25) is 0 Å². The number of aromatic amines is 3. The van der Waals surface area contributed by atoms with Crippen molar-refractivity contribution in [2.75, 3.05) is 0 Å². The van der Waals surface area contributed by atoms with Crippen LogP contribution in [0.15, 0.2) is 39.0 Å². The largest absolute Gasteiger partial charge is 0.339 e. The summed E-state index contributed by atoms with van der Waals surface area (Å²) in [6.07, 6.45) is 1.34. The van der Waals surface area contributed by atoms with Crippen molar-refractivity contribution in [1.29, 1.82) is 0 Å². The Labute approximate surface area is 130 Å². The Balaban J connectivity index is 0.000000167. The van der Waals surface area contributed by atoms with Crippen LogP contribution in [-0.2, 0) is 10.1 Å². The van der Waals surface area contributed by atoms with Gasteiger partial charge in [-0.05, 0) is 31.0 Å². The van der Waals surface area contributed by atoms with Crippen LogP contribution in [0.25, 0.3) is 11.2 Å². The molecule has 4 N–H and O–H groups in total. The van der Waals surface area contributed by atoms with Crippen LogP contribution in [0.5, 0.6) is 0 Å². The number of nitrogens with one attached hydrogen (secondary N) is 3. The Kier molecular flexibility index (Phi) is 4.48. The molecule has 0 unspecified atom stereocenters. The molecular weight excluding hydrogens is 324 g/mol. The van der Waals surface area contributed by atoms with Crippen LogP contribution in [0.2, 0.25) is 0 Å². The quantitative estimate of drug-likeness (QED) is 0.474. The van der Waals surface area contributed by atoms with Crippen molar-refractivity contribution in [1.82, 2.24) is 19.9 Å². The first kappa shape index (κ1) is 16.6. The number of hydrogen-bond acceptors (Lipinski definition) is 5. The van der Waals surface area contributed by atoms with Gasteiger partial charge in [-0.3, -0.25) is 19.3 Å². The van der Waals surface area contributed by atoms with Crippen molar-refractivity contribution in [2.45, 2.75) is 18.7 Å². The van der Waals surface area contributed by atoms with E-state index in [1.807, 2.05) is 0 Å². The number of aromatic nitrogens is 4. The van der Waals surface area contributed by atoms with E-state index in [1.54, 1.807) is 26.0 Å². The fourth-order valence-corrected chi connectivity index (χ4v) is 2.67. The molecule has 0 saturated heterocycles. The summed E-state index contributed by atoms with van der Waals surface area (Å²) in [5.74, 6) is 0. The van der Waals surface area contributed by atoms with E-state index in [1.165, 1.54) is 12.4 Å². The van der Waals surface area contributed by atoms with Gasteiger partial charge in [0.1, 0.15) is 5.52 Å². The summed E-state index contributed by atoms with van der Waals surface area (Å²) in [5.41, 5.74) is 1.00. The van der Waals surface area contributed by atoms with Crippen molar-refractivity contribution in [3.8, 4) is 0 Å². The van der Waals surface area contributed by atoms with Gasteiger partial charge in [0.05, 0.1) is 11.2 Å². The molecular formula is C13H14N4O5S. The number of aryl methyl sites for hydroxylation is 1. The Morgan fingerprint density at radius 2 is 1.83 bits per heavy atom. The van der Waals surface area contributed by atoms with Crippen LogP contribution in [0.4, 0.5) is 0 Å². The molecule has 2 aromatic heterocycles. The highest BCUT2D eigenvalue weighted by atomic mass is 32.2. The normalized spacial score (nSPS) is 11.1. The van der Waals surface area contributed by atoms with Gasteiger partial charge in [-0.25, -0.2) is 9.78 Å². The Morgan fingerprint density at radius 3 is 2.43 bits per heavy atom. The lowest BCUT2D eigenvalue weighted by molar-refractivity contribution is 0.482. The molecule has 0 spiro atoms. The number of fused-ring (bicyclic) bond motifs is 1. The lowest BCUT2D eigenvalue weighted by Gasteiger charge is -2.03. The highest BCUT2D eigenvalue weighted by Gasteiger charge is 2.12. The fraction of sp³-hybridized carbons (Fsp3) is 0.154. The van der Waals surface area contributed by atoms with E-state index >= 15 is 0 Å². The monoisotopic (exact) mass is 338 g/mol. The van der Waals surface area contributed by atoms with Gasteiger partial charge < -0.3 is 4.98 Å². The average Bonchev–Trinajstić information content (AvgIpc) is 2.89. The van der Waals surface area contributed by atoms with Crippen molar-refractivity contribution in [3.05, 3.63) is 56.5 Å². The van der Waals surface area contributed by atoms with Crippen LogP contribution in [0.3, 0.4) is 0 Å². The summed E-state index contributed by atoms with van der Waals surface area (Å²) in [4.78, 5) is 32.3. The highest BCUT2D eigenvalue weighted by Crippen LogP contribution is 2.17. The molecule has 1 aromatic carbocycles. The van der Waals surface area contributed by atoms with Gasteiger partial charge in [0.25, 0.3) is 15.7 Å². The maximum atomic E-state index is 10.9. The number of imidazole rings is 1. The predicted octanol–water partition coefficient (Wildman–Crippen LogP) is 0.490. The minimum atomic E-state index is -4.06. The molecule has 10 heteroatoms. The molecule has 3 aromatic rings. The van der Waals surface area contributed by atoms with E-state index in [0.29, 0.717) is 5.56 Å². The SMILES string of the molecule is Cc1cccc(S(=O)(=O)O)c1C.O=c1[nH]c(=O)c2[nH]cnc2[nH]1. The van der Waals surface area contributed by atoms with E-state index < -0.39 is 21.4 Å². The van der Waals surface area contributed by atoms with Crippen molar-refractivity contribution in [2.24, 2.45) is 0 Å². The third kappa shape index (κ3) is 3.73. The second-order valence-corrected chi connectivity index (χ2v) is 6.10. The smallest absolute Gasteiger partial charge is 0.327 e. The first-order chi connectivity index (χ1) is 10.7. The van der Waals surface area contributed by atoms with Gasteiger partial charge in [-0.2, -0.15) is 8.42 Å². The van der Waals surface area contributed by atoms with Crippen LogP contribution < -0.4 is 11.2 Å². The molecule has 0 bridgehead atoms. The average molecular weight is 338 g/mol. The molecule has 0 amide bonds. The summed E-state index contributed by atoms with van der Waals surface area (Å²) in [5, 5.41) is 0. The maximum absolute atomic E-state index is 10.9. The Bertz CT molecular complexity index is 1060. The summed E-state index contributed by atoms with van der Waals surface area (Å²) >= 11 is 0. The second-order valence-electron chi connectivity index (χ2n) is 4.71. The molecule has 0 aliphatic carbocycles. The molecule has 0 aliphatic heterocycles. The summed E-state index contributed by atoms with van der Waals surface area (Å²) in [7, 11) is -4.06. The second kappa shape index (κ2) is 6.18. The van der Waals surface area contributed by atoms with E-state index in [9.17, 15) is 18.0 Å². The topological polar surface area (TPSA) is 149 Å². The molecule has 0 saturated carbocycles. The van der Waals surface area contributed by atoms with Gasteiger partial charge in [0, 0.05) is 0 Å². The van der Waals surface area contributed by atoms with Crippen LogP contribution in [-0.4, -0.2) is 32.9 Å². The van der Waals surface area contributed by atoms with Crippen LogP contribution in [0.1, 0.15) is 11.1 Å². The summed E-state index contributed by atoms with van der Waals surface area (Å²) in [6.45, 7) is 3.46. The number of nitrogens with zero attached hydrogens (tertiary/aromatic N) is 1. The Hall–Kier alpha value is -2.72. The lowest BCUT2D eigenvalue weighted by atomic mass is 10.1. The third-order valence-electron chi connectivity index (χ3n) is 3.16. The van der Waals surface area contributed by atoms with Gasteiger partial charge in [-0.15, -0.1) is 0 Å². The van der Waals surface area contributed by atoms with Crippen molar-refractivity contribution < 1.29 is 13.0 Å². The molecule has 0 atom stereocenters. The number of benzene rings is 1. The maximum Gasteiger partial charge on any atom is 0.327 e. The zero-order valence-corrected chi connectivity index (χ0v) is 13.1. The zero-order chi connectivity index (χ0) is 17.2. The van der Waals surface area contributed by atoms with E-state index in [2.05, 4.69) is 19.9 Å². The number of rotatable bonds is 1. The molecule has 0 fully saturated rings. The lowest BCUT2D eigenvalue weighted by Crippen LogP contribution is -2.21. The molecule has 9 nitrogen and oxygen atoms in total. The highest BCUT2D eigenvalue weighted by molar-refractivity contribution is 7.85. The van der Waals surface area contributed by atoms with Gasteiger partial charge >= 0.3 is 5.69 Å². The minimum absolute atomic E-state index is 0.0116. The molecule has 2 heterocycles. The minimum Gasteiger partial charge on any atom is -0.339 e. The van der Waals surface area contributed by atoms with Crippen LogP contribution in [0, 0.1) is 13.8 Å². The molecule has 23 heavy (non-hydrogen) atoms. The summed E-state index contributed by atoms with van der Waals surface area (Å²) < 4.78 is 30.3. The van der Waals surface area contributed by atoms with E-state index in [-0.39, 0.29) is 16.1 Å². The predicted molar refractivity (Wildman–Crippen MR) is 83.1 cm³/mol. The van der Waals surface area contributed by atoms with Gasteiger partial charge in [0.15, 0.2) is 5.65 Å². The standard InChI is InChI=1S/C8H10O3S.C5H4N4O2/c1-6-4-3-5-8(7(6)2)12(9,10)11;10-4-2-3(7-1-6-2)8-5(11)9-4/h3-5H,1-2H3,(H,9,10,11);1H,(H3,6,7,8,9,10,11). The summed E-state index contributed by atoms with van der Waals surface area (Å²) in [6, 6.07) is 4.78. The number of H-pyrrole nitrogens is 3. The third-order valence-corrected chi connectivity index (χ3v) is 4.16. The van der Waals surface area contributed by atoms with Crippen molar-refractivity contribution in [3.63, 3.8) is 0 Å². The molecule has 0 aliphatic rings.